The first kappa shape index (κ1) is 23.0. The molecule has 1 aromatic rings. The number of rotatable bonds is 7. The molecule has 0 radical (unpaired) electrons. The first-order valence-corrected chi connectivity index (χ1v) is 10.0. The number of aryl methyl sites for hydroxylation is 1. The number of guanidine groups is 1. The van der Waals surface area contributed by atoms with Crippen LogP contribution in [0.25, 0.3) is 0 Å². The maximum absolute atomic E-state index is 11.7. The predicted octanol–water partition coefficient (Wildman–Crippen LogP) is 1.15. The third-order valence-corrected chi connectivity index (χ3v) is 5.04. The van der Waals surface area contributed by atoms with Crippen LogP contribution in [0.2, 0.25) is 0 Å². The molecule has 0 saturated carbocycles. The van der Waals surface area contributed by atoms with Gasteiger partial charge in [-0.2, -0.15) is 11.8 Å². The molecule has 0 aliphatic carbocycles. The highest BCUT2D eigenvalue weighted by Crippen LogP contribution is 2.09. The Morgan fingerprint density at radius 3 is 2.77 bits per heavy atom. The second-order valence-electron chi connectivity index (χ2n) is 6.31. The molecule has 1 aromatic heterocycles. The lowest BCUT2D eigenvalue weighted by molar-refractivity contribution is -0.132. The summed E-state index contributed by atoms with van der Waals surface area (Å²) < 4.78 is 1.95. The van der Waals surface area contributed by atoms with E-state index in [1.54, 1.807) is 4.90 Å². The molecule has 10 heteroatoms. The largest absolute Gasteiger partial charge is 0.356 e. The number of carbonyl (C=O) groups is 1. The van der Waals surface area contributed by atoms with E-state index in [0.29, 0.717) is 19.5 Å². The Balaban J connectivity index is 0.00000338. The van der Waals surface area contributed by atoms with Crippen molar-refractivity contribution in [2.24, 2.45) is 12.0 Å². The van der Waals surface area contributed by atoms with E-state index in [1.165, 1.54) is 0 Å². The van der Waals surface area contributed by atoms with Gasteiger partial charge in [-0.15, -0.1) is 34.2 Å². The summed E-state index contributed by atoms with van der Waals surface area (Å²) in [6.07, 6.45) is 4.60. The topological polar surface area (TPSA) is 87.4 Å². The summed E-state index contributed by atoms with van der Waals surface area (Å²) in [6, 6.07) is 0.218. The monoisotopic (exact) mass is 495 g/mol. The highest BCUT2D eigenvalue weighted by atomic mass is 127. The minimum atomic E-state index is 0. The molecule has 1 saturated heterocycles. The van der Waals surface area contributed by atoms with E-state index in [4.69, 9.17) is 0 Å². The molecule has 1 aliphatic rings. The zero-order valence-corrected chi connectivity index (χ0v) is 19.1. The summed E-state index contributed by atoms with van der Waals surface area (Å²) in [7, 11) is 3.79. The lowest BCUT2D eigenvalue weighted by atomic mass is 10.1. The molecule has 1 unspecified atom stereocenters. The summed E-state index contributed by atoms with van der Waals surface area (Å²) in [5, 5.41) is 15.1. The number of carbonyl (C=O) groups excluding carboxylic acids is 1. The third kappa shape index (κ3) is 6.93. The second kappa shape index (κ2) is 11.6. The molecule has 2 rings (SSSR count). The van der Waals surface area contributed by atoms with Crippen LogP contribution in [-0.4, -0.2) is 69.7 Å². The summed E-state index contributed by atoms with van der Waals surface area (Å²) in [4.78, 5) is 18.1. The van der Waals surface area contributed by atoms with E-state index in [0.717, 1.165) is 42.7 Å². The molecule has 1 aliphatic heterocycles. The number of aliphatic imine (C=N–C) groups is 1. The molecule has 1 atom stereocenters. The molecule has 26 heavy (non-hydrogen) atoms. The lowest BCUT2D eigenvalue weighted by Crippen LogP contribution is -2.51. The van der Waals surface area contributed by atoms with E-state index < -0.39 is 0 Å². The van der Waals surface area contributed by atoms with E-state index >= 15 is 0 Å². The van der Waals surface area contributed by atoms with Gasteiger partial charge in [-0.25, -0.2) is 4.99 Å². The molecule has 2 heterocycles. The number of piperidine rings is 1. The van der Waals surface area contributed by atoms with Crippen LogP contribution in [-0.2, 0) is 18.4 Å². The van der Waals surface area contributed by atoms with Crippen molar-refractivity contribution in [2.45, 2.75) is 38.8 Å². The number of nitrogens with one attached hydrogen (secondary N) is 2. The van der Waals surface area contributed by atoms with E-state index in [1.807, 2.05) is 37.3 Å². The Morgan fingerprint density at radius 2 is 2.15 bits per heavy atom. The van der Waals surface area contributed by atoms with Gasteiger partial charge >= 0.3 is 0 Å². The molecule has 0 spiro atoms. The smallest absolute Gasteiger partial charge is 0.222 e. The summed E-state index contributed by atoms with van der Waals surface area (Å²) in [6.45, 7) is 3.96. The average molecular weight is 495 g/mol. The number of halogens is 1. The van der Waals surface area contributed by atoms with Crippen molar-refractivity contribution in [3.63, 3.8) is 0 Å². The molecule has 0 bridgehead atoms. The zero-order chi connectivity index (χ0) is 18.2. The van der Waals surface area contributed by atoms with Gasteiger partial charge in [0, 0.05) is 39.6 Å². The van der Waals surface area contributed by atoms with Crippen LogP contribution < -0.4 is 10.6 Å². The fraction of sp³-hybridized carbons (Fsp3) is 0.750. The van der Waals surface area contributed by atoms with Crippen molar-refractivity contribution in [1.82, 2.24) is 30.3 Å². The van der Waals surface area contributed by atoms with Crippen molar-refractivity contribution in [3.8, 4) is 0 Å². The van der Waals surface area contributed by atoms with Crippen molar-refractivity contribution in [2.75, 3.05) is 32.1 Å². The number of aromatic nitrogens is 3. The van der Waals surface area contributed by atoms with E-state index in [-0.39, 0.29) is 35.9 Å². The highest BCUT2D eigenvalue weighted by molar-refractivity contribution is 14.0. The van der Waals surface area contributed by atoms with Crippen LogP contribution in [0.5, 0.6) is 0 Å². The van der Waals surface area contributed by atoms with Crippen LogP contribution in [0.4, 0.5) is 0 Å². The van der Waals surface area contributed by atoms with Crippen molar-refractivity contribution < 1.29 is 4.79 Å². The normalized spacial score (nSPS) is 17.8. The Bertz CT molecular complexity index is 607. The van der Waals surface area contributed by atoms with Gasteiger partial charge in [0.25, 0.3) is 0 Å². The molecule has 1 amide bonds. The van der Waals surface area contributed by atoms with Crippen LogP contribution >= 0.6 is 35.7 Å². The van der Waals surface area contributed by atoms with Gasteiger partial charge in [0.2, 0.25) is 5.91 Å². The minimum absolute atomic E-state index is 0. The van der Waals surface area contributed by atoms with Crippen molar-refractivity contribution in [1.29, 1.82) is 0 Å². The minimum Gasteiger partial charge on any atom is -0.356 e. The lowest BCUT2D eigenvalue weighted by Gasteiger charge is -2.31. The van der Waals surface area contributed by atoms with Crippen LogP contribution in [0.3, 0.4) is 0 Å². The zero-order valence-electron chi connectivity index (χ0n) is 16.0. The van der Waals surface area contributed by atoms with Gasteiger partial charge in [-0.3, -0.25) is 4.79 Å². The number of likely N-dealkylation sites (tertiary alicyclic amines) is 1. The fourth-order valence-corrected chi connectivity index (χ4v) is 3.07. The Morgan fingerprint density at radius 1 is 1.38 bits per heavy atom. The fourth-order valence-electron chi connectivity index (χ4n) is 2.64. The standard InChI is InChI=1S/C16H29N7OS.HI/c1-12-20-21-14(23(12)3)10-18-16(17-8-5-9-25-4)19-13-6-7-15(24)22(2)11-13;/h13H,5-11H2,1-4H3,(H2,17,18,19);1H. The van der Waals surface area contributed by atoms with Crippen LogP contribution in [0.1, 0.15) is 30.9 Å². The number of nitrogens with zero attached hydrogens (tertiary/aromatic N) is 5. The molecule has 1 fully saturated rings. The average Bonchev–Trinajstić information content (AvgIpc) is 2.91. The Labute approximate surface area is 177 Å². The van der Waals surface area contributed by atoms with Gasteiger partial charge in [0.05, 0.1) is 0 Å². The Kier molecular flexibility index (Phi) is 10.3. The maximum atomic E-state index is 11.7. The van der Waals surface area contributed by atoms with Crippen molar-refractivity contribution >= 4 is 47.6 Å². The van der Waals surface area contributed by atoms with Gasteiger partial charge < -0.3 is 20.1 Å². The first-order chi connectivity index (χ1) is 12.0. The van der Waals surface area contributed by atoms with Gasteiger partial charge in [0.15, 0.2) is 11.8 Å². The third-order valence-electron chi connectivity index (χ3n) is 4.35. The molecule has 0 aromatic carbocycles. The van der Waals surface area contributed by atoms with E-state index in [2.05, 4.69) is 32.1 Å². The quantitative estimate of drug-likeness (QED) is 0.256. The molecule has 148 valence electrons. The predicted molar refractivity (Wildman–Crippen MR) is 117 cm³/mol. The maximum Gasteiger partial charge on any atom is 0.222 e. The highest BCUT2D eigenvalue weighted by Gasteiger charge is 2.23. The second-order valence-corrected chi connectivity index (χ2v) is 7.30. The molecular formula is C16H30IN7OS. The van der Waals surface area contributed by atoms with E-state index in [9.17, 15) is 4.79 Å². The van der Waals surface area contributed by atoms with Crippen LogP contribution in [0, 0.1) is 6.92 Å². The number of hydrogen-bond acceptors (Lipinski definition) is 5. The number of hydrogen-bond donors (Lipinski definition) is 2. The number of likely N-dealkylation sites (N-methyl/N-ethyl adjacent to an activating group) is 1. The molecule has 2 N–H and O–H groups in total. The SMILES string of the molecule is CSCCCNC(=NCc1nnc(C)n1C)NC1CCC(=O)N(C)C1.I. The van der Waals surface area contributed by atoms with Crippen molar-refractivity contribution in [3.05, 3.63) is 11.6 Å². The van der Waals surface area contributed by atoms with Gasteiger partial charge in [0.1, 0.15) is 12.4 Å². The van der Waals surface area contributed by atoms with Gasteiger partial charge in [-0.05, 0) is 31.8 Å². The van der Waals surface area contributed by atoms with Gasteiger partial charge in [-0.1, -0.05) is 0 Å². The number of thioether (sulfide) groups is 1. The summed E-state index contributed by atoms with van der Waals surface area (Å²) in [5.74, 6) is 3.80. The summed E-state index contributed by atoms with van der Waals surface area (Å²) >= 11 is 1.84. The first-order valence-electron chi connectivity index (χ1n) is 8.64. The number of amides is 1. The molecular weight excluding hydrogens is 465 g/mol. The molecule has 8 nitrogen and oxygen atoms in total. The summed E-state index contributed by atoms with van der Waals surface area (Å²) in [5.41, 5.74) is 0. The Hall–Kier alpha value is -1.04. The van der Waals surface area contributed by atoms with Crippen LogP contribution in [0.15, 0.2) is 4.99 Å².